The molecule has 3 heterocycles. The van der Waals surface area contributed by atoms with Crippen LogP contribution in [0.25, 0.3) is 0 Å². The molecule has 0 unspecified atom stereocenters. The Kier molecular flexibility index (Phi) is 5.37. The Morgan fingerprint density at radius 2 is 1.88 bits per heavy atom. The van der Waals surface area contributed by atoms with Crippen LogP contribution in [0.3, 0.4) is 0 Å². The molecule has 8 heteroatoms. The maximum atomic E-state index is 12.8. The lowest BCUT2D eigenvalue weighted by atomic mass is 10.2. The van der Waals surface area contributed by atoms with Crippen LogP contribution >= 0.6 is 0 Å². The Hall–Kier alpha value is -2.77. The van der Waals surface area contributed by atoms with Crippen LogP contribution < -0.4 is 10.2 Å². The van der Waals surface area contributed by atoms with Crippen LogP contribution in [0.4, 0.5) is 11.9 Å². The van der Waals surface area contributed by atoms with Crippen LogP contribution in [0.2, 0.25) is 0 Å². The van der Waals surface area contributed by atoms with Gasteiger partial charge in [0.25, 0.3) is 5.91 Å². The fourth-order valence-electron chi connectivity index (χ4n) is 2.72. The van der Waals surface area contributed by atoms with Crippen molar-refractivity contribution in [3.05, 3.63) is 35.9 Å². The van der Waals surface area contributed by atoms with Gasteiger partial charge in [-0.2, -0.15) is 0 Å². The van der Waals surface area contributed by atoms with E-state index in [0.717, 1.165) is 18.7 Å². The number of aryl methyl sites for hydroxylation is 1. The number of piperazine rings is 1. The summed E-state index contributed by atoms with van der Waals surface area (Å²) in [4.78, 5) is 33.9. The van der Waals surface area contributed by atoms with Crippen molar-refractivity contribution in [2.75, 3.05) is 42.9 Å². The average Bonchev–Trinajstić information content (AvgIpc) is 2.66. The first-order chi connectivity index (χ1) is 12.2. The Morgan fingerprint density at radius 3 is 2.56 bits per heavy atom. The maximum absolute atomic E-state index is 12.8. The number of rotatable bonds is 5. The van der Waals surface area contributed by atoms with E-state index in [2.05, 4.69) is 37.1 Å². The fraction of sp³-hybridized carbons (Fsp3) is 0.471. The van der Waals surface area contributed by atoms with E-state index in [0.29, 0.717) is 43.8 Å². The molecule has 0 saturated carbocycles. The molecule has 2 aromatic rings. The van der Waals surface area contributed by atoms with Crippen molar-refractivity contribution in [2.45, 2.75) is 20.3 Å². The second-order valence-corrected chi connectivity index (χ2v) is 5.97. The number of hydrogen-bond acceptors (Lipinski definition) is 7. The largest absolute Gasteiger partial charge is 0.354 e. The zero-order valence-electron chi connectivity index (χ0n) is 14.6. The minimum atomic E-state index is -0.0568. The Balaban J connectivity index is 1.65. The summed E-state index contributed by atoms with van der Waals surface area (Å²) in [7, 11) is 0. The highest BCUT2D eigenvalue weighted by atomic mass is 16.2. The molecule has 132 valence electrons. The van der Waals surface area contributed by atoms with Gasteiger partial charge in [-0.3, -0.25) is 4.79 Å². The summed E-state index contributed by atoms with van der Waals surface area (Å²) in [5.74, 6) is 1.17. The minimum absolute atomic E-state index is 0.0568. The molecule has 1 amide bonds. The molecule has 2 aromatic heterocycles. The molecule has 0 aromatic carbocycles. The quantitative estimate of drug-likeness (QED) is 0.878. The highest BCUT2D eigenvalue weighted by Crippen LogP contribution is 2.13. The Morgan fingerprint density at radius 1 is 1.16 bits per heavy atom. The number of carbonyl (C=O) groups is 1. The second-order valence-electron chi connectivity index (χ2n) is 5.97. The van der Waals surface area contributed by atoms with Crippen molar-refractivity contribution in [3.8, 4) is 0 Å². The summed E-state index contributed by atoms with van der Waals surface area (Å²) < 4.78 is 0. The zero-order valence-corrected chi connectivity index (χ0v) is 14.6. The molecular weight excluding hydrogens is 318 g/mol. The first kappa shape index (κ1) is 17.1. The van der Waals surface area contributed by atoms with Crippen molar-refractivity contribution >= 4 is 17.8 Å². The molecule has 0 aliphatic carbocycles. The van der Waals surface area contributed by atoms with Crippen molar-refractivity contribution in [1.82, 2.24) is 24.8 Å². The van der Waals surface area contributed by atoms with Gasteiger partial charge in [0.1, 0.15) is 5.69 Å². The summed E-state index contributed by atoms with van der Waals surface area (Å²) in [6.07, 6.45) is 4.44. The highest BCUT2D eigenvalue weighted by Gasteiger charge is 2.24. The molecule has 1 aliphatic rings. The van der Waals surface area contributed by atoms with E-state index in [9.17, 15) is 4.79 Å². The molecule has 0 radical (unpaired) electrons. The minimum Gasteiger partial charge on any atom is -0.354 e. The number of nitrogens with one attached hydrogen (secondary N) is 1. The predicted molar refractivity (Wildman–Crippen MR) is 95.7 cm³/mol. The fourth-order valence-corrected chi connectivity index (χ4v) is 2.72. The number of amides is 1. The molecule has 0 spiro atoms. The average molecular weight is 341 g/mol. The molecule has 0 atom stereocenters. The Bertz CT molecular complexity index is 714. The third kappa shape index (κ3) is 4.20. The molecular formula is C17H23N7O. The lowest BCUT2D eigenvalue weighted by molar-refractivity contribution is 0.0740. The van der Waals surface area contributed by atoms with E-state index >= 15 is 0 Å². The molecule has 1 aliphatic heterocycles. The summed E-state index contributed by atoms with van der Waals surface area (Å²) in [5.41, 5.74) is 1.23. The molecule has 25 heavy (non-hydrogen) atoms. The second kappa shape index (κ2) is 7.87. The molecule has 1 saturated heterocycles. The van der Waals surface area contributed by atoms with Crippen LogP contribution in [-0.4, -0.2) is 63.5 Å². The summed E-state index contributed by atoms with van der Waals surface area (Å²) >= 11 is 0. The molecule has 1 N–H and O–H groups in total. The van der Waals surface area contributed by atoms with Crippen molar-refractivity contribution in [1.29, 1.82) is 0 Å². The van der Waals surface area contributed by atoms with E-state index in [-0.39, 0.29) is 5.91 Å². The van der Waals surface area contributed by atoms with Crippen molar-refractivity contribution in [3.63, 3.8) is 0 Å². The molecule has 1 fully saturated rings. The SMILES string of the molecule is CCCNc1nc(C)cc(C(=O)N2CCN(c3ncccn3)CC2)n1. The summed E-state index contributed by atoms with van der Waals surface area (Å²) in [5, 5.41) is 3.14. The standard InChI is InChI=1S/C17H23N7O/c1-3-5-18-16-21-13(2)12-14(22-16)15(25)23-8-10-24(11-9-23)17-19-6-4-7-20-17/h4,6-7,12H,3,5,8-11H2,1-2H3,(H,18,21,22). The van der Waals surface area contributed by atoms with Gasteiger partial charge in [0.05, 0.1) is 0 Å². The van der Waals surface area contributed by atoms with Crippen LogP contribution in [0.5, 0.6) is 0 Å². The number of hydrogen-bond donors (Lipinski definition) is 1. The summed E-state index contributed by atoms with van der Waals surface area (Å²) in [6, 6.07) is 3.54. The van der Waals surface area contributed by atoms with Crippen LogP contribution in [0, 0.1) is 6.92 Å². The van der Waals surface area contributed by atoms with Crippen molar-refractivity contribution in [2.24, 2.45) is 0 Å². The highest BCUT2D eigenvalue weighted by molar-refractivity contribution is 5.92. The van der Waals surface area contributed by atoms with Gasteiger partial charge >= 0.3 is 0 Å². The lowest BCUT2D eigenvalue weighted by Crippen LogP contribution is -2.49. The van der Waals surface area contributed by atoms with Crippen LogP contribution in [0.1, 0.15) is 29.5 Å². The first-order valence-corrected chi connectivity index (χ1v) is 8.58. The third-order valence-corrected chi connectivity index (χ3v) is 4.01. The predicted octanol–water partition coefficient (Wildman–Crippen LogP) is 1.36. The van der Waals surface area contributed by atoms with Gasteiger partial charge in [-0.25, -0.2) is 19.9 Å². The van der Waals surface area contributed by atoms with Crippen LogP contribution in [0.15, 0.2) is 24.5 Å². The van der Waals surface area contributed by atoms with Gasteiger partial charge in [-0.15, -0.1) is 0 Å². The van der Waals surface area contributed by atoms with Crippen molar-refractivity contribution < 1.29 is 4.79 Å². The molecule has 8 nitrogen and oxygen atoms in total. The maximum Gasteiger partial charge on any atom is 0.272 e. The first-order valence-electron chi connectivity index (χ1n) is 8.58. The topological polar surface area (TPSA) is 87.1 Å². The summed E-state index contributed by atoms with van der Waals surface area (Å²) in [6.45, 7) is 7.40. The zero-order chi connectivity index (χ0) is 17.6. The monoisotopic (exact) mass is 341 g/mol. The van der Waals surface area contributed by atoms with E-state index in [4.69, 9.17) is 0 Å². The van der Waals surface area contributed by atoms with Crippen LogP contribution in [-0.2, 0) is 0 Å². The number of anilines is 2. The third-order valence-electron chi connectivity index (χ3n) is 4.01. The Labute approximate surface area is 147 Å². The molecule has 3 rings (SSSR count). The van der Waals surface area contributed by atoms with Gasteiger partial charge < -0.3 is 15.1 Å². The number of carbonyl (C=O) groups excluding carboxylic acids is 1. The van der Waals surface area contributed by atoms with Gasteiger partial charge in [-0.1, -0.05) is 6.92 Å². The van der Waals surface area contributed by atoms with E-state index in [1.165, 1.54) is 0 Å². The normalized spacial score (nSPS) is 14.5. The lowest BCUT2D eigenvalue weighted by Gasteiger charge is -2.34. The van der Waals surface area contributed by atoms with E-state index in [1.54, 1.807) is 24.5 Å². The van der Waals surface area contributed by atoms with Gasteiger partial charge in [0, 0.05) is 50.8 Å². The van der Waals surface area contributed by atoms with Gasteiger partial charge in [-0.05, 0) is 25.5 Å². The molecule has 0 bridgehead atoms. The van der Waals surface area contributed by atoms with E-state index < -0.39 is 0 Å². The van der Waals surface area contributed by atoms with E-state index in [1.807, 2.05) is 11.8 Å². The number of aromatic nitrogens is 4. The smallest absolute Gasteiger partial charge is 0.272 e. The van der Waals surface area contributed by atoms with Gasteiger partial charge in [0.2, 0.25) is 11.9 Å². The number of nitrogens with zero attached hydrogens (tertiary/aromatic N) is 6. The van der Waals surface area contributed by atoms with Gasteiger partial charge in [0.15, 0.2) is 0 Å².